The summed E-state index contributed by atoms with van der Waals surface area (Å²) >= 11 is 0. The molecule has 0 amide bonds. The minimum atomic E-state index is -4.56. The van der Waals surface area contributed by atoms with Gasteiger partial charge in [-0.05, 0) is 24.3 Å². The van der Waals surface area contributed by atoms with Crippen LogP contribution in [-0.2, 0) is 12.7 Å². The highest BCUT2D eigenvalue weighted by Crippen LogP contribution is 2.36. The van der Waals surface area contributed by atoms with E-state index in [9.17, 15) is 13.2 Å². The first kappa shape index (κ1) is 13.9. The van der Waals surface area contributed by atoms with Crippen molar-refractivity contribution in [3.05, 3.63) is 47.8 Å². The van der Waals surface area contributed by atoms with E-state index in [-0.39, 0.29) is 17.9 Å². The highest BCUT2D eigenvalue weighted by molar-refractivity contribution is 5.43. The summed E-state index contributed by atoms with van der Waals surface area (Å²) in [5.74, 6) is -0.288. The number of hydrogen-bond donors (Lipinski definition) is 0. The first-order chi connectivity index (χ1) is 9.50. The van der Waals surface area contributed by atoms with E-state index in [1.807, 2.05) is 0 Å². The number of alkyl halides is 3. The van der Waals surface area contributed by atoms with Crippen LogP contribution in [-0.4, -0.2) is 16.4 Å². The van der Waals surface area contributed by atoms with Gasteiger partial charge in [0.2, 0.25) is 0 Å². The van der Waals surface area contributed by atoms with Crippen LogP contribution in [0.5, 0.6) is 5.75 Å². The Balaban J connectivity index is 2.12. The van der Waals surface area contributed by atoms with Crippen LogP contribution in [0.1, 0.15) is 11.1 Å². The van der Waals surface area contributed by atoms with Gasteiger partial charge in [-0.3, -0.25) is 4.68 Å². The number of aromatic nitrogens is 2. The summed E-state index contributed by atoms with van der Waals surface area (Å²) in [6, 6.07) is 6.62. The van der Waals surface area contributed by atoms with Gasteiger partial charge in [-0.2, -0.15) is 23.5 Å². The lowest BCUT2D eigenvalue weighted by Crippen LogP contribution is -2.13. The maximum absolute atomic E-state index is 12.9. The Morgan fingerprint density at radius 2 is 2.15 bits per heavy atom. The summed E-state index contributed by atoms with van der Waals surface area (Å²) < 4.78 is 45.3. The SMILES string of the molecule is N#Cc1ccc(OCCn2cccn2)c(C(F)(F)F)c1. The Bertz CT molecular complexity index is 615. The quantitative estimate of drug-likeness (QED) is 0.865. The molecule has 2 rings (SSSR count). The zero-order chi connectivity index (χ0) is 14.6. The fourth-order valence-electron chi connectivity index (χ4n) is 1.63. The van der Waals surface area contributed by atoms with Gasteiger partial charge in [-0.25, -0.2) is 0 Å². The summed E-state index contributed by atoms with van der Waals surface area (Å²) in [6.45, 7) is 0.390. The molecule has 0 N–H and O–H groups in total. The van der Waals surface area contributed by atoms with Gasteiger partial charge in [-0.15, -0.1) is 0 Å². The Hall–Kier alpha value is -2.49. The highest BCUT2D eigenvalue weighted by atomic mass is 19.4. The van der Waals surface area contributed by atoms with Crippen molar-refractivity contribution in [1.29, 1.82) is 5.26 Å². The van der Waals surface area contributed by atoms with Crippen molar-refractivity contribution in [1.82, 2.24) is 9.78 Å². The lowest BCUT2D eigenvalue weighted by molar-refractivity contribution is -0.139. The van der Waals surface area contributed by atoms with Crippen molar-refractivity contribution in [3.63, 3.8) is 0 Å². The predicted octanol–water partition coefficient (Wildman–Crippen LogP) is 2.85. The fourth-order valence-corrected chi connectivity index (χ4v) is 1.63. The summed E-state index contributed by atoms with van der Waals surface area (Å²) in [5, 5.41) is 12.6. The number of nitriles is 1. The second-order valence-electron chi connectivity index (χ2n) is 3.94. The molecule has 20 heavy (non-hydrogen) atoms. The predicted molar refractivity (Wildman–Crippen MR) is 63.9 cm³/mol. The molecule has 0 aliphatic rings. The molecule has 7 heteroatoms. The van der Waals surface area contributed by atoms with Gasteiger partial charge >= 0.3 is 6.18 Å². The number of hydrogen-bond acceptors (Lipinski definition) is 3. The van der Waals surface area contributed by atoms with Gasteiger partial charge in [0.1, 0.15) is 12.4 Å². The van der Waals surface area contributed by atoms with Gasteiger partial charge in [0.05, 0.1) is 23.7 Å². The zero-order valence-electron chi connectivity index (χ0n) is 10.3. The van der Waals surface area contributed by atoms with Gasteiger partial charge in [0.15, 0.2) is 0 Å². The lowest BCUT2D eigenvalue weighted by Gasteiger charge is -2.14. The summed E-state index contributed by atoms with van der Waals surface area (Å²) in [4.78, 5) is 0. The van der Waals surface area contributed by atoms with Crippen LogP contribution in [0.25, 0.3) is 0 Å². The van der Waals surface area contributed by atoms with Crippen LogP contribution in [0.2, 0.25) is 0 Å². The number of ether oxygens (including phenoxy) is 1. The van der Waals surface area contributed by atoms with Crippen LogP contribution in [0.4, 0.5) is 13.2 Å². The van der Waals surface area contributed by atoms with Crippen molar-refractivity contribution in [3.8, 4) is 11.8 Å². The minimum absolute atomic E-state index is 0.0522. The standard InChI is InChI=1S/C13H10F3N3O/c14-13(15,16)11-8-10(9-17)2-3-12(11)20-7-6-19-5-1-4-18-19/h1-5,8H,6-7H2. The molecule has 0 aliphatic heterocycles. The first-order valence-electron chi connectivity index (χ1n) is 5.72. The van der Waals surface area contributed by atoms with E-state index in [4.69, 9.17) is 10.00 Å². The molecule has 2 aromatic rings. The number of halogens is 3. The Labute approximate surface area is 113 Å². The Morgan fingerprint density at radius 3 is 2.75 bits per heavy atom. The van der Waals surface area contributed by atoms with E-state index in [1.54, 1.807) is 29.2 Å². The number of benzene rings is 1. The van der Waals surface area contributed by atoms with E-state index in [2.05, 4.69) is 5.10 Å². The number of nitrogens with zero attached hydrogens (tertiary/aromatic N) is 3. The molecule has 1 aromatic heterocycles. The van der Waals surface area contributed by atoms with E-state index in [0.717, 1.165) is 12.1 Å². The van der Waals surface area contributed by atoms with Crippen LogP contribution in [0.15, 0.2) is 36.7 Å². The van der Waals surface area contributed by atoms with E-state index in [0.29, 0.717) is 6.54 Å². The lowest BCUT2D eigenvalue weighted by atomic mass is 10.1. The van der Waals surface area contributed by atoms with Crippen LogP contribution < -0.4 is 4.74 Å². The summed E-state index contributed by atoms with van der Waals surface area (Å²) in [7, 11) is 0. The average molecular weight is 281 g/mol. The van der Waals surface area contributed by atoms with E-state index < -0.39 is 11.7 Å². The van der Waals surface area contributed by atoms with Gasteiger partial charge in [-0.1, -0.05) is 0 Å². The first-order valence-corrected chi connectivity index (χ1v) is 5.72. The molecule has 4 nitrogen and oxygen atoms in total. The van der Waals surface area contributed by atoms with Crippen LogP contribution in [0, 0.1) is 11.3 Å². The molecule has 0 fully saturated rings. The number of rotatable bonds is 4. The molecular formula is C13H10F3N3O. The van der Waals surface area contributed by atoms with Gasteiger partial charge in [0.25, 0.3) is 0 Å². The average Bonchev–Trinajstić information content (AvgIpc) is 2.91. The Morgan fingerprint density at radius 1 is 1.35 bits per heavy atom. The van der Waals surface area contributed by atoms with Gasteiger partial charge in [0, 0.05) is 12.4 Å². The third kappa shape index (κ3) is 3.29. The molecule has 1 aromatic carbocycles. The molecule has 0 spiro atoms. The second kappa shape index (κ2) is 5.65. The normalized spacial score (nSPS) is 11.1. The maximum atomic E-state index is 12.9. The third-order valence-electron chi connectivity index (χ3n) is 2.55. The molecule has 0 saturated carbocycles. The van der Waals surface area contributed by atoms with Crippen LogP contribution >= 0.6 is 0 Å². The highest BCUT2D eigenvalue weighted by Gasteiger charge is 2.34. The van der Waals surface area contributed by atoms with Crippen molar-refractivity contribution >= 4 is 0 Å². The third-order valence-corrected chi connectivity index (χ3v) is 2.55. The van der Waals surface area contributed by atoms with Crippen LogP contribution in [0.3, 0.4) is 0 Å². The zero-order valence-corrected chi connectivity index (χ0v) is 10.3. The molecule has 0 unspecified atom stereocenters. The summed E-state index contributed by atoms with van der Waals surface area (Å²) in [6.07, 6.45) is -1.30. The Kier molecular flexibility index (Phi) is 3.94. The maximum Gasteiger partial charge on any atom is 0.420 e. The molecule has 1 heterocycles. The van der Waals surface area contributed by atoms with Crippen molar-refractivity contribution in [2.24, 2.45) is 0 Å². The molecule has 0 aliphatic carbocycles. The molecular weight excluding hydrogens is 271 g/mol. The molecule has 0 radical (unpaired) electrons. The summed E-state index contributed by atoms with van der Waals surface area (Å²) in [5.41, 5.74) is -1.01. The van der Waals surface area contributed by atoms with E-state index >= 15 is 0 Å². The van der Waals surface area contributed by atoms with Gasteiger partial charge < -0.3 is 4.74 Å². The van der Waals surface area contributed by atoms with Crippen molar-refractivity contribution < 1.29 is 17.9 Å². The van der Waals surface area contributed by atoms with Crippen molar-refractivity contribution in [2.75, 3.05) is 6.61 Å². The molecule has 104 valence electrons. The molecule has 0 bridgehead atoms. The van der Waals surface area contributed by atoms with E-state index in [1.165, 1.54) is 6.07 Å². The molecule has 0 atom stereocenters. The largest absolute Gasteiger partial charge is 0.491 e. The minimum Gasteiger partial charge on any atom is -0.491 e. The van der Waals surface area contributed by atoms with Crippen molar-refractivity contribution in [2.45, 2.75) is 12.7 Å². The fraction of sp³-hybridized carbons (Fsp3) is 0.231. The topological polar surface area (TPSA) is 50.8 Å². The monoisotopic (exact) mass is 281 g/mol. The smallest absolute Gasteiger partial charge is 0.420 e. The second-order valence-corrected chi connectivity index (χ2v) is 3.94. The molecule has 0 saturated heterocycles.